The van der Waals surface area contributed by atoms with E-state index in [1.54, 1.807) is 6.08 Å². The van der Waals surface area contributed by atoms with Crippen molar-refractivity contribution in [2.75, 3.05) is 26.2 Å². The summed E-state index contributed by atoms with van der Waals surface area (Å²) < 4.78 is 5.70. The number of piperidine rings is 1. The number of amides is 1. The van der Waals surface area contributed by atoms with Gasteiger partial charge in [-0.25, -0.2) is 0 Å². The number of likely N-dealkylation sites (tertiary alicyclic amines) is 1. The number of nitrogens with one attached hydrogen (secondary N) is 1. The van der Waals surface area contributed by atoms with Crippen LogP contribution in [0, 0.1) is 0 Å². The van der Waals surface area contributed by atoms with Crippen LogP contribution in [0.25, 0.3) is 6.08 Å². The van der Waals surface area contributed by atoms with Crippen molar-refractivity contribution in [3.8, 4) is 0 Å². The number of nitrogens with zero attached hydrogens (tertiary/aromatic N) is 1. The van der Waals surface area contributed by atoms with Crippen LogP contribution in [0.1, 0.15) is 36.1 Å². The van der Waals surface area contributed by atoms with E-state index in [1.165, 1.54) is 24.2 Å². The molecule has 2 saturated heterocycles. The van der Waals surface area contributed by atoms with Gasteiger partial charge in [0, 0.05) is 43.2 Å². The Balaban J connectivity index is 1.38. The smallest absolute Gasteiger partial charge is 0.244 e. The minimum absolute atomic E-state index is 0.0356. The molecule has 2 aliphatic rings. The lowest BCUT2D eigenvalue weighted by Gasteiger charge is -2.33. The van der Waals surface area contributed by atoms with E-state index in [0.717, 1.165) is 49.5 Å². The Morgan fingerprint density at radius 2 is 2.25 bits per heavy atom. The van der Waals surface area contributed by atoms with Gasteiger partial charge in [-0.3, -0.25) is 4.79 Å². The molecule has 1 aromatic rings. The van der Waals surface area contributed by atoms with E-state index in [0.29, 0.717) is 6.10 Å². The highest BCUT2D eigenvalue weighted by molar-refractivity contribution is 7.11. The van der Waals surface area contributed by atoms with Gasteiger partial charge in [0.15, 0.2) is 0 Å². The lowest BCUT2D eigenvalue weighted by atomic mass is 10.0. The van der Waals surface area contributed by atoms with Crippen LogP contribution < -0.4 is 5.32 Å². The molecule has 2 fully saturated rings. The van der Waals surface area contributed by atoms with Gasteiger partial charge in [-0.15, -0.1) is 11.3 Å². The Hall–Kier alpha value is -1.21. The molecule has 24 heavy (non-hydrogen) atoms. The second-order valence-corrected chi connectivity index (χ2v) is 7.51. The van der Waals surface area contributed by atoms with Crippen LogP contribution in [0.5, 0.6) is 0 Å². The maximum atomic E-state index is 12.0. The maximum Gasteiger partial charge on any atom is 0.244 e. The Labute approximate surface area is 147 Å². The molecule has 3 heterocycles. The van der Waals surface area contributed by atoms with Crippen LogP contribution in [0.15, 0.2) is 17.5 Å². The summed E-state index contributed by atoms with van der Waals surface area (Å²) in [6.07, 6.45) is 8.18. The molecule has 0 aromatic carbocycles. The molecule has 2 aliphatic heterocycles. The van der Waals surface area contributed by atoms with E-state index in [9.17, 15) is 4.79 Å². The van der Waals surface area contributed by atoms with Crippen LogP contribution >= 0.6 is 11.3 Å². The molecule has 2 N–H and O–H groups in total. The molecule has 3 rings (SSSR count). The van der Waals surface area contributed by atoms with Crippen molar-refractivity contribution in [1.82, 2.24) is 10.2 Å². The van der Waals surface area contributed by atoms with Crippen LogP contribution in [0.2, 0.25) is 0 Å². The van der Waals surface area contributed by atoms with Crippen molar-refractivity contribution in [1.29, 1.82) is 0 Å². The molecule has 5 nitrogen and oxygen atoms in total. The lowest BCUT2D eigenvalue weighted by molar-refractivity contribution is -0.117. The number of aliphatic hydroxyl groups excluding tert-OH is 1. The largest absolute Gasteiger partial charge is 0.392 e. The van der Waals surface area contributed by atoms with Gasteiger partial charge in [-0.1, -0.05) is 0 Å². The predicted molar refractivity (Wildman–Crippen MR) is 95.9 cm³/mol. The molecule has 0 radical (unpaired) electrons. The van der Waals surface area contributed by atoms with Crippen LogP contribution in [0.4, 0.5) is 0 Å². The number of hydrogen-bond acceptors (Lipinski definition) is 5. The highest BCUT2D eigenvalue weighted by atomic mass is 32.1. The summed E-state index contributed by atoms with van der Waals surface area (Å²) in [5.41, 5.74) is 0.888. The summed E-state index contributed by atoms with van der Waals surface area (Å²) in [5.74, 6) is -0.0356. The summed E-state index contributed by atoms with van der Waals surface area (Å²) in [6, 6.07) is 2.16. The highest BCUT2D eigenvalue weighted by Crippen LogP contribution is 2.18. The Morgan fingerprint density at radius 3 is 2.92 bits per heavy atom. The topological polar surface area (TPSA) is 61.8 Å². The molecule has 1 atom stereocenters. The Morgan fingerprint density at radius 1 is 1.42 bits per heavy atom. The van der Waals surface area contributed by atoms with Gasteiger partial charge in [0.2, 0.25) is 5.91 Å². The van der Waals surface area contributed by atoms with Crippen molar-refractivity contribution >= 4 is 23.3 Å². The number of thiophene rings is 1. The van der Waals surface area contributed by atoms with Crippen molar-refractivity contribution in [3.63, 3.8) is 0 Å². The fourth-order valence-electron chi connectivity index (χ4n) is 3.31. The van der Waals surface area contributed by atoms with Gasteiger partial charge in [0.1, 0.15) is 0 Å². The Bertz CT molecular complexity index is 558. The number of ether oxygens (including phenoxy) is 1. The molecular formula is C18H26N2O3S. The quantitative estimate of drug-likeness (QED) is 0.771. The third-order valence-corrected chi connectivity index (χ3v) is 5.62. The van der Waals surface area contributed by atoms with Gasteiger partial charge >= 0.3 is 0 Å². The molecule has 1 amide bonds. The number of aliphatic hydroxyl groups is 1. The third kappa shape index (κ3) is 5.14. The first-order valence-corrected chi connectivity index (χ1v) is 9.61. The fourth-order valence-corrected chi connectivity index (χ4v) is 4.10. The van der Waals surface area contributed by atoms with Crippen molar-refractivity contribution in [2.24, 2.45) is 0 Å². The summed E-state index contributed by atoms with van der Waals surface area (Å²) in [7, 11) is 0. The molecule has 1 unspecified atom stereocenters. The molecule has 132 valence electrons. The van der Waals surface area contributed by atoms with Crippen molar-refractivity contribution in [3.05, 3.63) is 28.0 Å². The average Bonchev–Trinajstić information content (AvgIpc) is 3.26. The van der Waals surface area contributed by atoms with E-state index in [2.05, 4.69) is 10.2 Å². The van der Waals surface area contributed by atoms with Crippen LogP contribution in [-0.2, 0) is 16.1 Å². The zero-order chi connectivity index (χ0) is 16.8. The lowest BCUT2D eigenvalue weighted by Crippen LogP contribution is -2.46. The fraction of sp³-hybridized carbons (Fsp3) is 0.611. The van der Waals surface area contributed by atoms with Crippen molar-refractivity contribution in [2.45, 2.75) is 44.4 Å². The second-order valence-electron chi connectivity index (χ2n) is 6.57. The SMILES string of the molecule is O=C(/C=C/c1cc(CO)cs1)NC1CCN(CC2CCCO2)CC1. The first-order valence-electron chi connectivity index (χ1n) is 8.74. The standard InChI is InChI=1S/C18H26N2O3S/c21-12-14-10-17(24-13-14)3-4-18(22)19-15-5-7-20(8-6-15)11-16-2-1-9-23-16/h3-4,10,13,15-16,21H,1-2,5-9,11-12H2,(H,19,22)/b4-3+. The van der Waals surface area contributed by atoms with Gasteiger partial charge < -0.3 is 20.1 Å². The predicted octanol–water partition coefficient (Wildman–Crippen LogP) is 2.01. The average molecular weight is 350 g/mol. The number of hydrogen-bond donors (Lipinski definition) is 2. The maximum absolute atomic E-state index is 12.0. The minimum atomic E-state index is -0.0356. The van der Waals surface area contributed by atoms with Gasteiger partial charge in [-0.2, -0.15) is 0 Å². The summed E-state index contributed by atoms with van der Waals surface area (Å²) in [6.45, 7) is 4.04. The van der Waals surface area contributed by atoms with Gasteiger partial charge in [0.05, 0.1) is 12.7 Å². The normalized spacial score (nSPS) is 23.1. The monoisotopic (exact) mass is 350 g/mol. The van der Waals surface area contributed by atoms with E-state index in [1.807, 2.05) is 17.5 Å². The molecule has 6 heteroatoms. The van der Waals surface area contributed by atoms with E-state index in [4.69, 9.17) is 9.84 Å². The number of rotatable bonds is 6. The third-order valence-electron chi connectivity index (χ3n) is 4.68. The first-order chi connectivity index (χ1) is 11.7. The molecule has 0 spiro atoms. The van der Waals surface area contributed by atoms with Crippen LogP contribution in [0.3, 0.4) is 0 Å². The minimum Gasteiger partial charge on any atom is -0.392 e. The molecule has 0 bridgehead atoms. The van der Waals surface area contributed by atoms with E-state index >= 15 is 0 Å². The summed E-state index contributed by atoms with van der Waals surface area (Å²) in [5, 5.41) is 14.0. The number of carbonyl (C=O) groups excluding carboxylic acids is 1. The second kappa shape index (κ2) is 8.76. The van der Waals surface area contributed by atoms with Gasteiger partial charge in [-0.05, 0) is 48.8 Å². The molecule has 0 saturated carbocycles. The Kier molecular flexibility index (Phi) is 6.43. The zero-order valence-corrected chi connectivity index (χ0v) is 14.8. The molecule has 1 aromatic heterocycles. The first kappa shape index (κ1) is 17.6. The highest BCUT2D eigenvalue weighted by Gasteiger charge is 2.24. The summed E-state index contributed by atoms with van der Waals surface area (Å²) >= 11 is 1.53. The van der Waals surface area contributed by atoms with Crippen molar-refractivity contribution < 1.29 is 14.6 Å². The summed E-state index contributed by atoms with van der Waals surface area (Å²) in [4.78, 5) is 15.5. The van der Waals surface area contributed by atoms with E-state index in [-0.39, 0.29) is 18.6 Å². The van der Waals surface area contributed by atoms with E-state index < -0.39 is 0 Å². The zero-order valence-electron chi connectivity index (χ0n) is 13.9. The molecule has 0 aliphatic carbocycles. The van der Waals surface area contributed by atoms with Crippen LogP contribution in [-0.4, -0.2) is 54.3 Å². The molecular weight excluding hydrogens is 324 g/mol. The van der Waals surface area contributed by atoms with Gasteiger partial charge in [0.25, 0.3) is 0 Å². The number of carbonyl (C=O) groups is 1.